The number of fused-ring (bicyclic) bond motifs is 2. The lowest BCUT2D eigenvalue weighted by molar-refractivity contribution is 0.0185. The van der Waals surface area contributed by atoms with Crippen LogP contribution in [0.2, 0.25) is 0 Å². The van der Waals surface area contributed by atoms with Gasteiger partial charge in [-0.1, -0.05) is 24.0 Å². The fourth-order valence-electron chi connectivity index (χ4n) is 8.19. The van der Waals surface area contributed by atoms with Gasteiger partial charge in [0.05, 0.1) is 35.1 Å². The molecule has 4 aromatic heterocycles. The molecule has 0 unspecified atom stereocenters. The zero-order valence-electron chi connectivity index (χ0n) is 40.6. The van der Waals surface area contributed by atoms with Gasteiger partial charge in [0, 0.05) is 51.3 Å². The zero-order chi connectivity index (χ0) is 50.4. The van der Waals surface area contributed by atoms with Crippen LogP contribution in [-0.4, -0.2) is 111 Å². The van der Waals surface area contributed by atoms with Crippen molar-refractivity contribution in [2.24, 2.45) is 11.7 Å². The number of amides is 4. The highest BCUT2D eigenvalue weighted by molar-refractivity contribution is 6.05. The van der Waals surface area contributed by atoms with E-state index in [4.69, 9.17) is 24.9 Å². The van der Waals surface area contributed by atoms with Gasteiger partial charge in [0.15, 0.2) is 0 Å². The molecule has 1 fully saturated rings. The first-order chi connectivity index (χ1) is 33.4. The standard InChI is InChI=1S/C49H58N12O9/c1-9-60-36(23-29(3)55-60)43(63)53-46-52-35-26-33(45(65)66)28-38(68-8)40(35)58(46)18-12-13-19-59-41-34(51-47(59)54-44(64)37-24-30(4)56-61(37)10-2)25-32(42(50)62)27-39(41)69-22-14-11-15-31-16-20-57(21-17-31)48(67)70-49(5,6)7/h12-13,23-28,31H,9-10,15-22H2,1-8H3,(H2,50,62)(H,65,66)(H,51,54,64)(H,52,53,63)/b13-12+. The number of methoxy groups -OCH3 is 1. The van der Waals surface area contributed by atoms with Crippen LogP contribution in [0.25, 0.3) is 22.1 Å². The van der Waals surface area contributed by atoms with E-state index in [-0.39, 0.29) is 71.7 Å². The molecule has 368 valence electrons. The van der Waals surface area contributed by atoms with Crippen LogP contribution in [0.3, 0.4) is 0 Å². The second-order valence-electron chi connectivity index (χ2n) is 17.8. The Hall–Kier alpha value is -8.15. The molecule has 70 heavy (non-hydrogen) atoms. The molecular formula is C49H58N12O9. The SMILES string of the molecule is CCn1nc(C)cc1C(=O)Nc1nc2cc(C(=O)O)cc(OC)c2n1C/C=C/Cn1c(NC(=O)c2cc(C)nn2CC)nc2cc(C(N)=O)cc(OCC#CCC3CCN(C(=O)OC(C)(C)C)CC3)c21. The Bertz CT molecular complexity index is 3080. The number of aromatic carboxylic acids is 1. The van der Waals surface area contributed by atoms with Gasteiger partial charge in [0.1, 0.15) is 46.1 Å². The number of aryl methyl sites for hydroxylation is 4. The molecule has 0 aliphatic carbocycles. The van der Waals surface area contributed by atoms with Crippen LogP contribution in [0.4, 0.5) is 16.7 Å². The number of imidazole rings is 2. The predicted octanol–water partition coefficient (Wildman–Crippen LogP) is 6.42. The van der Waals surface area contributed by atoms with Gasteiger partial charge in [-0.3, -0.25) is 34.4 Å². The first-order valence-electron chi connectivity index (χ1n) is 23.0. The average molecular weight is 959 g/mol. The third-order valence-electron chi connectivity index (χ3n) is 11.5. The second-order valence-corrected chi connectivity index (χ2v) is 17.8. The summed E-state index contributed by atoms with van der Waals surface area (Å²) in [4.78, 5) is 76.0. The fourth-order valence-corrected chi connectivity index (χ4v) is 8.19. The van der Waals surface area contributed by atoms with E-state index in [1.807, 2.05) is 40.7 Å². The number of carboxylic acid groups (broad SMARTS) is 1. The molecule has 4 amide bonds. The molecule has 1 aliphatic heterocycles. The Kier molecular flexibility index (Phi) is 14.9. The van der Waals surface area contributed by atoms with Gasteiger partial charge in [-0.2, -0.15) is 10.2 Å². The lowest BCUT2D eigenvalue weighted by atomic mass is 9.94. The Morgan fingerprint density at radius 3 is 1.79 bits per heavy atom. The highest BCUT2D eigenvalue weighted by Crippen LogP contribution is 2.33. The molecule has 21 heteroatoms. The molecule has 5 heterocycles. The number of carbonyl (C=O) groups is 5. The number of nitrogens with zero attached hydrogens (tertiary/aromatic N) is 9. The third kappa shape index (κ3) is 11.2. The molecule has 7 rings (SSSR count). The number of aromatic nitrogens is 8. The number of hydrogen-bond donors (Lipinski definition) is 4. The molecule has 2 aromatic carbocycles. The van der Waals surface area contributed by atoms with Crippen molar-refractivity contribution in [1.29, 1.82) is 0 Å². The van der Waals surface area contributed by atoms with Gasteiger partial charge in [-0.25, -0.2) is 19.6 Å². The summed E-state index contributed by atoms with van der Waals surface area (Å²) in [6.45, 7) is 15.1. The molecule has 0 spiro atoms. The summed E-state index contributed by atoms with van der Waals surface area (Å²) in [6, 6.07) is 9.15. The lowest BCUT2D eigenvalue weighted by Crippen LogP contribution is -2.41. The number of rotatable bonds is 16. The minimum absolute atomic E-state index is 0.0437. The Morgan fingerprint density at radius 2 is 1.30 bits per heavy atom. The maximum absolute atomic E-state index is 13.9. The number of nitrogens with one attached hydrogen (secondary N) is 2. The number of carboxylic acids is 1. The number of primary amides is 1. The zero-order valence-corrected chi connectivity index (χ0v) is 40.6. The van der Waals surface area contributed by atoms with E-state index in [0.717, 1.165) is 12.8 Å². The van der Waals surface area contributed by atoms with Gasteiger partial charge in [-0.05, 0) is 104 Å². The van der Waals surface area contributed by atoms with Crippen molar-refractivity contribution >= 4 is 63.7 Å². The topological polar surface area (TPSA) is 258 Å². The number of ether oxygens (including phenoxy) is 3. The second kappa shape index (κ2) is 21.0. The van der Waals surface area contributed by atoms with Gasteiger partial charge in [0.2, 0.25) is 17.8 Å². The number of anilines is 2. The van der Waals surface area contributed by atoms with Crippen LogP contribution in [-0.2, 0) is 30.9 Å². The summed E-state index contributed by atoms with van der Waals surface area (Å²) in [5, 5.41) is 24.5. The van der Waals surface area contributed by atoms with Crippen molar-refractivity contribution in [1.82, 2.24) is 43.6 Å². The summed E-state index contributed by atoms with van der Waals surface area (Å²) in [7, 11) is 1.41. The number of piperidine rings is 1. The minimum Gasteiger partial charge on any atom is -0.494 e. The van der Waals surface area contributed by atoms with Crippen molar-refractivity contribution in [2.45, 2.75) is 99.5 Å². The molecule has 0 radical (unpaired) electrons. The average Bonchev–Trinajstić information content (AvgIpc) is 4.08. The molecule has 0 saturated carbocycles. The monoisotopic (exact) mass is 958 g/mol. The van der Waals surface area contributed by atoms with Crippen LogP contribution in [0.15, 0.2) is 48.6 Å². The first kappa shape index (κ1) is 49.7. The van der Waals surface area contributed by atoms with Crippen molar-refractivity contribution < 1.29 is 43.3 Å². The van der Waals surface area contributed by atoms with Crippen molar-refractivity contribution in [3.05, 3.63) is 82.5 Å². The van der Waals surface area contributed by atoms with Gasteiger partial charge in [-0.15, -0.1) is 0 Å². The van der Waals surface area contributed by atoms with Crippen LogP contribution >= 0.6 is 0 Å². The maximum Gasteiger partial charge on any atom is 0.410 e. The summed E-state index contributed by atoms with van der Waals surface area (Å²) < 4.78 is 24.0. The van der Waals surface area contributed by atoms with E-state index in [1.165, 1.54) is 31.4 Å². The van der Waals surface area contributed by atoms with E-state index in [9.17, 15) is 29.1 Å². The first-order valence-corrected chi connectivity index (χ1v) is 23.0. The van der Waals surface area contributed by atoms with Crippen LogP contribution in [0.5, 0.6) is 11.5 Å². The largest absolute Gasteiger partial charge is 0.494 e. The molecule has 1 aliphatic rings. The Labute approximate surface area is 403 Å². The predicted molar refractivity (Wildman–Crippen MR) is 260 cm³/mol. The van der Waals surface area contributed by atoms with Crippen LogP contribution < -0.4 is 25.8 Å². The maximum atomic E-state index is 13.9. The normalized spacial score (nSPS) is 13.1. The minimum atomic E-state index is -1.18. The van der Waals surface area contributed by atoms with Gasteiger partial charge < -0.3 is 39.1 Å². The van der Waals surface area contributed by atoms with Gasteiger partial charge in [0.25, 0.3) is 11.8 Å². The van der Waals surface area contributed by atoms with E-state index >= 15 is 0 Å². The van der Waals surface area contributed by atoms with Crippen molar-refractivity contribution in [3.63, 3.8) is 0 Å². The highest BCUT2D eigenvalue weighted by atomic mass is 16.6. The number of hydrogen-bond acceptors (Lipinski definition) is 12. The van der Waals surface area contributed by atoms with Crippen LogP contribution in [0.1, 0.15) is 107 Å². The summed E-state index contributed by atoms with van der Waals surface area (Å²) >= 11 is 0. The summed E-state index contributed by atoms with van der Waals surface area (Å²) in [6.07, 6.45) is 5.46. The molecule has 6 aromatic rings. The molecular weight excluding hydrogens is 901 g/mol. The Balaban J connectivity index is 1.20. The molecule has 5 N–H and O–H groups in total. The van der Waals surface area contributed by atoms with Crippen molar-refractivity contribution in [3.8, 4) is 23.3 Å². The molecule has 0 atom stereocenters. The molecule has 1 saturated heterocycles. The fraction of sp³-hybridized carbons (Fsp3) is 0.408. The van der Waals surface area contributed by atoms with E-state index in [2.05, 4.69) is 37.7 Å². The summed E-state index contributed by atoms with van der Waals surface area (Å²) in [5.41, 5.74) is 8.68. The summed E-state index contributed by atoms with van der Waals surface area (Å²) in [5.74, 6) is 4.47. The van der Waals surface area contributed by atoms with Crippen molar-refractivity contribution in [2.75, 3.05) is 37.4 Å². The van der Waals surface area contributed by atoms with E-state index in [1.54, 1.807) is 55.5 Å². The lowest BCUT2D eigenvalue weighted by Gasteiger charge is -2.32. The quantitative estimate of drug-likeness (QED) is 0.0604. The number of allylic oxidation sites excluding steroid dienone is 2. The Morgan fingerprint density at radius 1 is 0.786 bits per heavy atom. The number of benzene rings is 2. The smallest absolute Gasteiger partial charge is 0.410 e. The number of likely N-dealkylation sites (tertiary alicyclic amines) is 1. The highest BCUT2D eigenvalue weighted by Gasteiger charge is 2.27. The van der Waals surface area contributed by atoms with E-state index < -0.39 is 29.3 Å². The molecule has 0 bridgehead atoms. The number of carbonyl (C=O) groups excluding carboxylic acids is 4. The van der Waals surface area contributed by atoms with Crippen LogP contribution in [0, 0.1) is 31.6 Å². The van der Waals surface area contributed by atoms with Gasteiger partial charge >= 0.3 is 12.1 Å². The van der Waals surface area contributed by atoms with E-state index in [0.29, 0.717) is 71.9 Å². The third-order valence-corrected chi connectivity index (χ3v) is 11.5. The molecule has 21 nitrogen and oxygen atoms in total. The number of nitrogens with two attached hydrogens (primary N) is 1.